The maximum atomic E-state index is 13.6. The van der Waals surface area contributed by atoms with Crippen LogP contribution in [-0.2, 0) is 10.3 Å². The summed E-state index contributed by atoms with van der Waals surface area (Å²) in [6.07, 6.45) is -2.22. The van der Waals surface area contributed by atoms with Gasteiger partial charge >= 0.3 is 12.1 Å². The van der Waals surface area contributed by atoms with Crippen molar-refractivity contribution >= 4 is 22.8 Å². The highest BCUT2D eigenvalue weighted by Crippen LogP contribution is 2.31. The van der Waals surface area contributed by atoms with Crippen molar-refractivity contribution in [3.63, 3.8) is 0 Å². The molecule has 1 aromatic carbocycles. The predicted octanol–water partition coefficient (Wildman–Crippen LogP) is 2.25. The number of amides is 1. The number of hydrogen-bond donors (Lipinski definition) is 3. The minimum atomic E-state index is -5.08. The molecule has 0 radical (unpaired) electrons. The van der Waals surface area contributed by atoms with Gasteiger partial charge in [-0.15, -0.1) is 0 Å². The van der Waals surface area contributed by atoms with Crippen LogP contribution in [0.25, 0.3) is 10.9 Å². The van der Waals surface area contributed by atoms with Crippen LogP contribution in [0.2, 0.25) is 0 Å². The lowest BCUT2D eigenvalue weighted by Crippen LogP contribution is -2.37. The number of benzene rings is 1. The number of carbonyl (C=O) groups excluding carboxylic acids is 1. The fourth-order valence-electron chi connectivity index (χ4n) is 3.03. The van der Waals surface area contributed by atoms with Crippen molar-refractivity contribution in [2.45, 2.75) is 32.0 Å². The van der Waals surface area contributed by atoms with Crippen molar-refractivity contribution in [2.75, 3.05) is 13.1 Å². The van der Waals surface area contributed by atoms with Gasteiger partial charge in [0.15, 0.2) is 0 Å². The molecule has 0 spiro atoms. The number of nitrogens with zero attached hydrogens (tertiary/aromatic N) is 2. The fraction of sp³-hybridized carbons (Fsp3) is 0.471. The average Bonchev–Trinajstić information content (AvgIpc) is 3.23. The van der Waals surface area contributed by atoms with E-state index in [4.69, 9.17) is 15.6 Å². The molecule has 154 valence electrons. The normalized spacial score (nSPS) is 17.3. The predicted molar refractivity (Wildman–Crippen MR) is 92.2 cm³/mol. The van der Waals surface area contributed by atoms with Crippen LogP contribution in [0.3, 0.4) is 0 Å². The lowest BCUT2D eigenvalue weighted by Gasteiger charge is -2.31. The van der Waals surface area contributed by atoms with Gasteiger partial charge in [-0.1, -0.05) is 0 Å². The molecule has 11 heteroatoms. The van der Waals surface area contributed by atoms with Crippen LogP contribution in [0.15, 0.2) is 18.3 Å². The lowest BCUT2D eigenvalue weighted by atomic mass is 9.87. The second kappa shape index (κ2) is 7.74. The maximum absolute atomic E-state index is 13.6. The SMILES string of the molecule is CC(C)(C1CCNC1)n1cc2cc(F)cc(C(N)=O)c2n1.O=C(O)C(F)(F)F. The quantitative estimate of drug-likeness (QED) is 0.680. The van der Waals surface area contributed by atoms with E-state index >= 15 is 0 Å². The first-order valence-electron chi connectivity index (χ1n) is 8.34. The largest absolute Gasteiger partial charge is 0.490 e. The molecule has 0 aliphatic carbocycles. The van der Waals surface area contributed by atoms with E-state index in [1.807, 2.05) is 4.68 Å². The lowest BCUT2D eigenvalue weighted by molar-refractivity contribution is -0.192. The molecular weight excluding hydrogens is 384 g/mol. The number of nitrogens with one attached hydrogen (secondary N) is 1. The molecule has 1 amide bonds. The maximum Gasteiger partial charge on any atom is 0.490 e. The fourth-order valence-corrected chi connectivity index (χ4v) is 3.03. The second-order valence-corrected chi connectivity index (χ2v) is 6.98. The van der Waals surface area contributed by atoms with E-state index in [1.54, 1.807) is 6.20 Å². The van der Waals surface area contributed by atoms with E-state index in [1.165, 1.54) is 6.07 Å². The van der Waals surface area contributed by atoms with E-state index in [9.17, 15) is 22.4 Å². The number of fused-ring (bicyclic) bond motifs is 1. The molecule has 1 fully saturated rings. The number of alkyl halides is 3. The number of aliphatic carboxylic acids is 1. The number of carboxylic acid groups (broad SMARTS) is 1. The van der Waals surface area contributed by atoms with Gasteiger partial charge in [-0.25, -0.2) is 9.18 Å². The molecule has 1 unspecified atom stereocenters. The Labute approximate surface area is 157 Å². The number of aromatic nitrogens is 2. The van der Waals surface area contributed by atoms with Crippen LogP contribution in [-0.4, -0.2) is 46.0 Å². The number of rotatable bonds is 3. The van der Waals surface area contributed by atoms with Crippen LogP contribution in [0.1, 0.15) is 30.6 Å². The highest BCUT2D eigenvalue weighted by molar-refractivity contribution is 6.04. The monoisotopic (exact) mass is 404 g/mol. The van der Waals surface area contributed by atoms with E-state index in [0.29, 0.717) is 16.8 Å². The van der Waals surface area contributed by atoms with Gasteiger partial charge in [-0.05, 0) is 44.9 Å². The third kappa shape index (κ3) is 4.58. The third-order valence-corrected chi connectivity index (χ3v) is 4.73. The highest BCUT2D eigenvalue weighted by atomic mass is 19.4. The summed E-state index contributed by atoms with van der Waals surface area (Å²) in [6, 6.07) is 2.53. The summed E-state index contributed by atoms with van der Waals surface area (Å²) in [6.45, 7) is 6.14. The molecule has 1 saturated heterocycles. The van der Waals surface area contributed by atoms with Gasteiger partial charge in [0.05, 0.1) is 11.1 Å². The second-order valence-electron chi connectivity index (χ2n) is 6.98. The number of halogens is 4. The molecule has 0 saturated carbocycles. The summed E-state index contributed by atoms with van der Waals surface area (Å²) in [5, 5.41) is 15.6. The van der Waals surface area contributed by atoms with Crippen LogP contribution in [0.4, 0.5) is 17.6 Å². The zero-order valence-corrected chi connectivity index (χ0v) is 15.2. The smallest absolute Gasteiger partial charge is 0.475 e. The van der Waals surface area contributed by atoms with Crippen LogP contribution in [0.5, 0.6) is 0 Å². The van der Waals surface area contributed by atoms with Crippen molar-refractivity contribution in [2.24, 2.45) is 11.7 Å². The summed E-state index contributed by atoms with van der Waals surface area (Å²) in [5.41, 5.74) is 5.70. The van der Waals surface area contributed by atoms with Gasteiger partial charge in [0.2, 0.25) is 0 Å². The Morgan fingerprint density at radius 1 is 1.32 bits per heavy atom. The first kappa shape index (κ1) is 21.6. The van der Waals surface area contributed by atoms with E-state index in [2.05, 4.69) is 24.3 Å². The number of nitrogens with two attached hydrogens (primary N) is 1. The van der Waals surface area contributed by atoms with Crippen LogP contribution < -0.4 is 11.1 Å². The topological polar surface area (TPSA) is 110 Å². The summed E-state index contributed by atoms with van der Waals surface area (Å²) in [5.74, 6) is -3.46. The van der Waals surface area contributed by atoms with Crippen molar-refractivity contribution in [3.8, 4) is 0 Å². The minimum Gasteiger partial charge on any atom is -0.475 e. The molecule has 0 bridgehead atoms. The van der Waals surface area contributed by atoms with Crippen molar-refractivity contribution in [1.82, 2.24) is 15.1 Å². The Bertz CT molecular complexity index is 886. The average molecular weight is 404 g/mol. The van der Waals surface area contributed by atoms with Crippen molar-refractivity contribution in [1.29, 1.82) is 0 Å². The minimum absolute atomic E-state index is 0.129. The Kier molecular flexibility index (Phi) is 5.97. The molecule has 7 nitrogen and oxygen atoms in total. The van der Waals surface area contributed by atoms with Crippen LogP contribution >= 0.6 is 0 Å². The number of primary amides is 1. The van der Waals surface area contributed by atoms with Crippen molar-refractivity contribution in [3.05, 3.63) is 29.7 Å². The number of carbonyl (C=O) groups is 2. The van der Waals surface area contributed by atoms with E-state index in [0.717, 1.165) is 25.6 Å². The molecule has 1 aliphatic heterocycles. The summed E-state index contributed by atoms with van der Waals surface area (Å²) >= 11 is 0. The summed E-state index contributed by atoms with van der Waals surface area (Å²) in [4.78, 5) is 20.4. The molecular formula is C17H20F4N4O3. The van der Waals surface area contributed by atoms with Gasteiger partial charge in [-0.3, -0.25) is 9.48 Å². The molecule has 1 aliphatic rings. The molecule has 4 N–H and O–H groups in total. The first-order chi connectivity index (χ1) is 12.8. The molecule has 28 heavy (non-hydrogen) atoms. The Morgan fingerprint density at radius 3 is 2.39 bits per heavy atom. The van der Waals surface area contributed by atoms with E-state index in [-0.39, 0.29) is 11.1 Å². The zero-order valence-electron chi connectivity index (χ0n) is 15.2. The van der Waals surface area contributed by atoms with Gasteiger partial charge < -0.3 is 16.2 Å². The third-order valence-electron chi connectivity index (χ3n) is 4.73. The Balaban J connectivity index is 0.000000345. The highest BCUT2D eigenvalue weighted by Gasteiger charge is 2.38. The van der Waals surface area contributed by atoms with Gasteiger partial charge in [0, 0.05) is 18.1 Å². The number of hydrogen-bond acceptors (Lipinski definition) is 4. The first-order valence-corrected chi connectivity index (χ1v) is 8.34. The summed E-state index contributed by atoms with van der Waals surface area (Å²) < 4.78 is 47.2. The molecule has 1 atom stereocenters. The zero-order chi connectivity index (χ0) is 21.3. The molecule has 2 aromatic rings. The Morgan fingerprint density at radius 2 is 1.93 bits per heavy atom. The van der Waals surface area contributed by atoms with Crippen molar-refractivity contribution < 1.29 is 32.3 Å². The molecule has 3 rings (SSSR count). The standard InChI is InChI=1S/C15H19FN4O.C2HF3O2/c1-15(2,10-3-4-18-7-10)20-8-9-5-11(16)6-12(14(17)21)13(9)19-20;3-2(4,5)1(6)7/h5-6,8,10,18H,3-4,7H2,1-2H3,(H2,17,21);(H,6,7). The molecule has 1 aromatic heterocycles. The molecule has 2 heterocycles. The van der Waals surface area contributed by atoms with Gasteiger partial charge in [-0.2, -0.15) is 18.3 Å². The van der Waals surface area contributed by atoms with Gasteiger partial charge in [0.1, 0.15) is 11.3 Å². The summed E-state index contributed by atoms with van der Waals surface area (Å²) in [7, 11) is 0. The Hall–Kier alpha value is -2.69. The van der Waals surface area contributed by atoms with E-state index < -0.39 is 23.9 Å². The van der Waals surface area contributed by atoms with Gasteiger partial charge in [0.25, 0.3) is 5.91 Å². The van der Waals surface area contributed by atoms with Crippen LogP contribution in [0, 0.1) is 11.7 Å². The number of carboxylic acids is 1.